The fourth-order valence-electron chi connectivity index (χ4n) is 2.76. The van der Waals surface area contributed by atoms with Crippen molar-refractivity contribution < 1.29 is 9.90 Å². The van der Waals surface area contributed by atoms with Gasteiger partial charge in [0, 0.05) is 24.7 Å². The van der Waals surface area contributed by atoms with Crippen molar-refractivity contribution >= 4 is 16.9 Å². The number of benzene rings is 1. The molecule has 3 rings (SSSR count). The number of carbonyl (C=O) groups is 1. The predicted octanol–water partition coefficient (Wildman–Crippen LogP) is 1.44. The maximum absolute atomic E-state index is 12.6. The first-order valence-corrected chi connectivity index (χ1v) is 7.49. The normalized spacial score (nSPS) is 15.1. The smallest absolute Gasteiger partial charge is 0.254 e. The lowest BCUT2D eigenvalue weighted by Crippen LogP contribution is -2.45. The van der Waals surface area contributed by atoms with Crippen LogP contribution < -0.4 is 0 Å². The standard InChI is InChI=1S/C15H20N4O2/c1-2-19-14-7-6-11(10-13(14)16-17-19)15(21)18(8-9-20)12-4-3-5-12/h6-7,10,12,20H,2-5,8-9H2,1H3. The molecule has 6 heteroatoms. The van der Waals surface area contributed by atoms with Crippen LogP contribution in [-0.2, 0) is 6.54 Å². The Kier molecular flexibility index (Phi) is 3.88. The highest BCUT2D eigenvalue weighted by Gasteiger charge is 2.29. The van der Waals surface area contributed by atoms with Crippen molar-refractivity contribution in [1.82, 2.24) is 19.9 Å². The molecule has 0 unspecified atom stereocenters. The Balaban J connectivity index is 1.89. The van der Waals surface area contributed by atoms with Gasteiger partial charge < -0.3 is 10.0 Å². The molecule has 21 heavy (non-hydrogen) atoms. The molecule has 1 aliphatic carbocycles. The Morgan fingerprint density at radius 3 is 2.90 bits per heavy atom. The van der Waals surface area contributed by atoms with Crippen molar-refractivity contribution in [3.05, 3.63) is 23.8 Å². The fraction of sp³-hybridized carbons (Fsp3) is 0.533. The Hall–Kier alpha value is -1.95. The highest BCUT2D eigenvalue weighted by atomic mass is 16.3. The second-order valence-electron chi connectivity index (χ2n) is 5.42. The van der Waals surface area contributed by atoms with E-state index in [4.69, 9.17) is 0 Å². The summed E-state index contributed by atoms with van der Waals surface area (Å²) in [5.41, 5.74) is 2.29. The average molecular weight is 288 g/mol. The molecule has 1 aromatic heterocycles. The minimum Gasteiger partial charge on any atom is -0.395 e. The van der Waals surface area contributed by atoms with Gasteiger partial charge in [-0.2, -0.15) is 0 Å². The number of hydrogen-bond donors (Lipinski definition) is 1. The fourth-order valence-corrected chi connectivity index (χ4v) is 2.76. The van der Waals surface area contributed by atoms with Crippen LogP contribution in [0, 0.1) is 0 Å². The molecule has 0 aliphatic heterocycles. The maximum atomic E-state index is 12.6. The van der Waals surface area contributed by atoms with Gasteiger partial charge >= 0.3 is 0 Å². The number of aliphatic hydroxyl groups excluding tert-OH is 1. The third kappa shape index (κ3) is 2.51. The van der Waals surface area contributed by atoms with E-state index in [1.807, 2.05) is 19.1 Å². The number of amides is 1. The van der Waals surface area contributed by atoms with Crippen LogP contribution in [0.15, 0.2) is 18.2 Å². The molecule has 0 bridgehead atoms. The highest BCUT2D eigenvalue weighted by molar-refractivity contribution is 5.97. The quantitative estimate of drug-likeness (QED) is 0.903. The van der Waals surface area contributed by atoms with Crippen LogP contribution >= 0.6 is 0 Å². The summed E-state index contributed by atoms with van der Waals surface area (Å²) in [7, 11) is 0. The minimum atomic E-state index is -0.0262. The van der Waals surface area contributed by atoms with Crippen LogP contribution in [-0.4, -0.2) is 50.1 Å². The molecular weight excluding hydrogens is 268 g/mol. The number of nitrogens with zero attached hydrogens (tertiary/aromatic N) is 4. The Morgan fingerprint density at radius 1 is 1.48 bits per heavy atom. The number of hydrogen-bond acceptors (Lipinski definition) is 4. The van der Waals surface area contributed by atoms with Gasteiger partial charge in [-0.25, -0.2) is 4.68 Å². The number of aromatic nitrogens is 3. The molecule has 1 fully saturated rings. The van der Waals surface area contributed by atoms with Crippen LogP contribution in [0.2, 0.25) is 0 Å². The van der Waals surface area contributed by atoms with E-state index >= 15 is 0 Å². The van der Waals surface area contributed by atoms with Crippen LogP contribution in [0.4, 0.5) is 0 Å². The van der Waals surface area contributed by atoms with Gasteiger partial charge in [-0.05, 0) is 44.4 Å². The third-order valence-electron chi connectivity index (χ3n) is 4.18. The summed E-state index contributed by atoms with van der Waals surface area (Å²) in [6.45, 7) is 3.15. The summed E-state index contributed by atoms with van der Waals surface area (Å²) in [5, 5.41) is 17.4. The van der Waals surface area contributed by atoms with Gasteiger partial charge in [0.15, 0.2) is 0 Å². The van der Waals surface area contributed by atoms with Crippen LogP contribution in [0.5, 0.6) is 0 Å². The van der Waals surface area contributed by atoms with E-state index in [1.54, 1.807) is 15.6 Å². The van der Waals surface area contributed by atoms with Gasteiger partial charge in [-0.15, -0.1) is 5.10 Å². The zero-order valence-electron chi connectivity index (χ0n) is 12.2. The molecular formula is C15H20N4O2. The molecule has 6 nitrogen and oxygen atoms in total. The predicted molar refractivity (Wildman–Crippen MR) is 79.0 cm³/mol. The Morgan fingerprint density at radius 2 is 2.29 bits per heavy atom. The van der Waals surface area contributed by atoms with Gasteiger partial charge in [-0.1, -0.05) is 5.21 Å². The van der Waals surface area contributed by atoms with Gasteiger partial charge in [-0.3, -0.25) is 4.79 Å². The van der Waals surface area contributed by atoms with Crippen LogP contribution in [0.1, 0.15) is 36.5 Å². The second kappa shape index (κ2) is 5.81. The molecule has 0 saturated heterocycles. The van der Waals surface area contributed by atoms with E-state index in [-0.39, 0.29) is 18.6 Å². The monoisotopic (exact) mass is 288 g/mol. The summed E-state index contributed by atoms with van der Waals surface area (Å²) in [6.07, 6.45) is 3.21. The first-order chi connectivity index (χ1) is 10.2. The number of rotatable bonds is 5. The molecule has 1 heterocycles. The van der Waals surface area contributed by atoms with E-state index in [2.05, 4.69) is 10.3 Å². The summed E-state index contributed by atoms with van der Waals surface area (Å²) >= 11 is 0. The van der Waals surface area contributed by atoms with E-state index in [1.165, 1.54) is 0 Å². The number of carbonyl (C=O) groups excluding carboxylic acids is 1. The lowest BCUT2D eigenvalue weighted by atomic mass is 9.91. The summed E-state index contributed by atoms with van der Waals surface area (Å²) in [4.78, 5) is 14.4. The second-order valence-corrected chi connectivity index (χ2v) is 5.42. The van der Waals surface area contributed by atoms with Crippen molar-refractivity contribution in [2.45, 2.75) is 38.8 Å². The van der Waals surface area contributed by atoms with Gasteiger partial charge in [0.05, 0.1) is 12.1 Å². The van der Waals surface area contributed by atoms with E-state index in [0.29, 0.717) is 12.1 Å². The Bertz CT molecular complexity index is 648. The van der Waals surface area contributed by atoms with Gasteiger partial charge in [0.2, 0.25) is 0 Å². The van der Waals surface area contributed by atoms with Gasteiger partial charge in [0.25, 0.3) is 5.91 Å². The van der Waals surface area contributed by atoms with Crippen molar-refractivity contribution in [2.24, 2.45) is 0 Å². The maximum Gasteiger partial charge on any atom is 0.254 e. The van der Waals surface area contributed by atoms with Crippen LogP contribution in [0.25, 0.3) is 11.0 Å². The first-order valence-electron chi connectivity index (χ1n) is 7.49. The molecule has 1 aliphatic rings. The lowest BCUT2D eigenvalue weighted by Gasteiger charge is -2.37. The minimum absolute atomic E-state index is 0.00347. The van der Waals surface area contributed by atoms with Crippen molar-refractivity contribution in [3.63, 3.8) is 0 Å². The zero-order chi connectivity index (χ0) is 14.8. The zero-order valence-corrected chi connectivity index (χ0v) is 12.2. The molecule has 0 radical (unpaired) electrons. The number of fused-ring (bicyclic) bond motifs is 1. The molecule has 1 aromatic carbocycles. The molecule has 112 valence electrons. The average Bonchev–Trinajstić information content (AvgIpc) is 2.86. The Labute approximate surface area is 123 Å². The highest BCUT2D eigenvalue weighted by Crippen LogP contribution is 2.26. The molecule has 2 aromatic rings. The van der Waals surface area contributed by atoms with E-state index in [0.717, 1.165) is 36.8 Å². The lowest BCUT2D eigenvalue weighted by molar-refractivity contribution is 0.0526. The molecule has 1 saturated carbocycles. The number of aliphatic hydroxyl groups is 1. The largest absolute Gasteiger partial charge is 0.395 e. The summed E-state index contributed by atoms with van der Waals surface area (Å²) < 4.78 is 1.81. The van der Waals surface area contributed by atoms with Crippen LogP contribution in [0.3, 0.4) is 0 Å². The third-order valence-corrected chi connectivity index (χ3v) is 4.18. The van der Waals surface area contributed by atoms with Gasteiger partial charge in [0.1, 0.15) is 5.52 Å². The summed E-state index contributed by atoms with van der Waals surface area (Å²) in [6, 6.07) is 5.78. The van der Waals surface area contributed by atoms with Crippen molar-refractivity contribution in [2.75, 3.05) is 13.2 Å². The topological polar surface area (TPSA) is 71.2 Å². The molecule has 0 spiro atoms. The molecule has 1 amide bonds. The van der Waals surface area contributed by atoms with E-state index in [9.17, 15) is 9.90 Å². The molecule has 1 N–H and O–H groups in total. The molecule has 0 atom stereocenters. The van der Waals surface area contributed by atoms with Crippen molar-refractivity contribution in [1.29, 1.82) is 0 Å². The summed E-state index contributed by atoms with van der Waals surface area (Å²) in [5.74, 6) is -0.0262. The first kappa shape index (κ1) is 14.0. The van der Waals surface area contributed by atoms with Crippen molar-refractivity contribution in [3.8, 4) is 0 Å². The SMILES string of the molecule is CCn1nnc2cc(C(=O)N(CCO)C3CCC3)ccc21. The number of aryl methyl sites for hydroxylation is 1. The van der Waals surface area contributed by atoms with E-state index < -0.39 is 0 Å².